The number of thiophene rings is 1. The summed E-state index contributed by atoms with van der Waals surface area (Å²) in [5.74, 6) is -2.09. The molecule has 0 fully saturated rings. The molecule has 2 rings (SSSR count). The van der Waals surface area contributed by atoms with Crippen LogP contribution in [0.4, 0.5) is 8.78 Å². The summed E-state index contributed by atoms with van der Waals surface area (Å²) >= 11 is 1.21. The van der Waals surface area contributed by atoms with Crippen LogP contribution in [0.25, 0.3) is 0 Å². The van der Waals surface area contributed by atoms with Crippen molar-refractivity contribution in [2.24, 2.45) is 0 Å². The Balaban J connectivity index is 1.79. The summed E-state index contributed by atoms with van der Waals surface area (Å²) in [4.78, 5) is 11.9. The minimum atomic E-state index is -0.934. The van der Waals surface area contributed by atoms with Gasteiger partial charge >= 0.3 is 5.97 Å². The SMILES string of the molecule is O=C(O)c1ccc(CNCCc2cc(F)cc(F)c2)s1. The molecule has 0 spiro atoms. The number of nitrogens with one attached hydrogen (secondary N) is 1. The predicted octanol–water partition coefficient (Wildman–Crippen LogP) is 3.06. The molecule has 0 saturated carbocycles. The van der Waals surface area contributed by atoms with Crippen LogP contribution in [-0.2, 0) is 13.0 Å². The molecule has 106 valence electrons. The maximum atomic E-state index is 13.0. The number of carboxylic acid groups (broad SMARTS) is 1. The highest BCUT2D eigenvalue weighted by atomic mass is 32.1. The van der Waals surface area contributed by atoms with Crippen LogP contribution in [0.5, 0.6) is 0 Å². The Morgan fingerprint density at radius 3 is 2.50 bits per heavy atom. The van der Waals surface area contributed by atoms with Crippen molar-refractivity contribution in [2.75, 3.05) is 6.54 Å². The van der Waals surface area contributed by atoms with E-state index in [1.807, 2.05) is 0 Å². The number of hydrogen-bond donors (Lipinski definition) is 2. The standard InChI is InChI=1S/C14H13F2NO2S/c15-10-5-9(6-11(16)7-10)3-4-17-8-12-1-2-13(20-12)14(18)19/h1-2,5-7,17H,3-4,8H2,(H,18,19). The molecule has 0 bridgehead atoms. The maximum Gasteiger partial charge on any atom is 0.345 e. The Morgan fingerprint density at radius 2 is 1.90 bits per heavy atom. The van der Waals surface area contributed by atoms with Crippen molar-refractivity contribution in [3.63, 3.8) is 0 Å². The van der Waals surface area contributed by atoms with E-state index in [0.717, 1.165) is 10.9 Å². The van der Waals surface area contributed by atoms with E-state index in [1.165, 1.54) is 23.5 Å². The summed E-state index contributed by atoms with van der Waals surface area (Å²) in [5, 5.41) is 11.9. The van der Waals surface area contributed by atoms with Gasteiger partial charge in [0.05, 0.1) is 0 Å². The molecule has 0 unspecified atom stereocenters. The molecular weight excluding hydrogens is 284 g/mol. The van der Waals surface area contributed by atoms with Crippen LogP contribution in [0.1, 0.15) is 20.1 Å². The topological polar surface area (TPSA) is 49.3 Å². The number of aromatic carboxylic acids is 1. The van der Waals surface area contributed by atoms with E-state index in [9.17, 15) is 13.6 Å². The van der Waals surface area contributed by atoms with E-state index in [2.05, 4.69) is 5.32 Å². The highest BCUT2D eigenvalue weighted by Crippen LogP contribution is 2.16. The Kier molecular flexibility index (Phi) is 4.81. The molecule has 6 heteroatoms. The summed E-state index contributed by atoms with van der Waals surface area (Å²) < 4.78 is 25.9. The van der Waals surface area contributed by atoms with Gasteiger partial charge in [0.15, 0.2) is 0 Å². The van der Waals surface area contributed by atoms with E-state index in [-0.39, 0.29) is 0 Å². The van der Waals surface area contributed by atoms with E-state index in [4.69, 9.17) is 5.11 Å². The smallest absolute Gasteiger partial charge is 0.345 e. The zero-order chi connectivity index (χ0) is 14.5. The summed E-state index contributed by atoms with van der Waals surface area (Å²) in [7, 11) is 0. The van der Waals surface area contributed by atoms with Crippen molar-refractivity contribution >= 4 is 17.3 Å². The molecule has 2 aromatic rings. The molecule has 20 heavy (non-hydrogen) atoms. The molecule has 3 nitrogen and oxygen atoms in total. The molecular formula is C14H13F2NO2S. The van der Waals surface area contributed by atoms with Crippen LogP contribution < -0.4 is 5.32 Å². The fraction of sp³-hybridized carbons (Fsp3) is 0.214. The zero-order valence-corrected chi connectivity index (χ0v) is 11.3. The fourth-order valence-electron chi connectivity index (χ4n) is 1.79. The molecule has 0 aliphatic rings. The molecule has 1 aromatic heterocycles. The molecule has 2 N–H and O–H groups in total. The van der Waals surface area contributed by atoms with Crippen molar-refractivity contribution in [1.82, 2.24) is 5.32 Å². The van der Waals surface area contributed by atoms with Gasteiger partial charge in [-0.2, -0.15) is 0 Å². The van der Waals surface area contributed by atoms with Gasteiger partial charge in [0.1, 0.15) is 16.5 Å². The molecule has 0 amide bonds. The molecule has 0 aliphatic carbocycles. The lowest BCUT2D eigenvalue weighted by Crippen LogP contribution is -2.16. The van der Waals surface area contributed by atoms with E-state index >= 15 is 0 Å². The quantitative estimate of drug-likeness (QED) is 0.806. The van der Waals surface area contributed by atoms with Crippen LogP contribution in [0.3, 0.4) is 0 Å². The van der Waals surface area contributed by atoms with Gasteiger partial charge < -0.3 is 10.4 Å². The summed E-state index contributed by atoms with van der Waals surface area (Å²) in [6, 6.07) is 6.77. The summed E-state index contributed by atoms with van der Waals surface area (Å²) in [6.45, 7) is 1.10. The Morgan fingerprint density at radius 1 is 1.20 bits per heavy atom. The van der Waals surface area contributed by atoms with Crippen LogP contribution in [-0.4, -0.2) is 17.6 Å². The number of halogens is 2. The number of hydrogen-bond acceptors (Lipinski definition) is 3. The van der Waals surface area contributed by atoms with Crippen molar-refractivity contribution in [2.45, 2.75) is 13.0 Å². The van der Waals surface area contributed by atoms with Gasteiger partial charge in [-0.25, -0.2) is 13.6 Å². The van der Waals surface area contributed by atoms with Crippen molar-refractivity contribution in [3.8, 4) is 0 Å². The lowest BCUT2D eigenvalue weighted by atomic mass is 10.1. The molecule has 0 radical (unpaired) electrons. The lowest BCUT2D eigenvalue weighted by molar-refractivity contribution is 0.0702. The second-order valence-electron chi connectivity index (χ2n) is 4.28. The highest BCUT2D eigenvalue weighted by Gasteiger charge is 2.06. The van der Waals surface area contributed by atoms with Crippen molar-refractivity contribution in [3.05, 3.63) is 57.3 Å². The molecule has 0 aliphatic heterocycles. The van der Waals surface area contributed by atoms with Crippen LogP contribution >= 0.6 is 11.3 Å². The minimum absolute atomic E-state index is 0.300. The van der Waals surface area contributed by atoms with Gasteiger partial charge in [-0.05, 0) is 42.8 Å². The van der Waals surface area contributed by atoms with Crippen molar-refractivity contribution in [1.29, 1.82) is 0 Å². The van der Waals surface area contributed by atoms with Crippen LogP contribution in [0, 0.1) is 11.6 Å². The van der Waals surface area contributed by atoms with Gasteiger partial charge in [-0.15, -0.1) is 11.3 Å². The lowest BCUT2D eigenvalue weighted by Gasteiger charge is -2.04. The third kappa shape index (κ3) is 4.11. The molecule has 0 saturated heterocycles. The van der Waals surface area contributed by atoms with Gasteiger partial charge in [-0.1, -0.05) is 0 Å². The van der Waals surface area contributed by atoms with Gasteiger partial charge in [0.2, 0.25) is 0 Å². The predicted molar refractivity (Wildman–Crippen MR) is 73.0 cm³/mol. The Labute approximate surface area is 118 Å². The van der Waals surface area contributed by atoms with Gasteiger partial charge in [0.25, 0.3) is 0 Å². The van der Waals surface area contributed by atoms with Crippen LogP contribution in [0.2, 0.25) is 0 Å². The van der Waals surface area contributed by atoms with Gasteiger partial charge in [0, 0.05) is 17.5 Å². The average molecular weight is 297 g/mol. The number of carbonyl (C=O) groups is 1. The van der Waals surface area contributed by atoms with E-state index < -0.39 is 17.6 Å². The highest BCUT2D eigenvalue weighted by molar-refractivity contribution is 7.13. The minimum Gasteiger partial charge on any atom is -0.477 e. The van der Waals surface area contributed by atoms with Gasteiger partial charge in [-0.3, -0.25) is 0 Å². The van der Waals surface area contributed by atoms with E-state index in [0.29, 0.717) is 30.0 Å². The third-order valence-electron chi connectivity index (χ3n) is 2.68. The Bertz CT molecular complexity index is 593. The first-order valence-electron chi connectivity index (χ1n) is 6.02. The molecule has 1 heterocycles. The average Bonchev–Trinajstić information content (AvgIpc) is 2.82. The zero-order valence-electron chi connectivity index (χ0n) is 10.5. The number of carboxylic acids is 1. The monoisotopic (exact) mass is 297 g/mol. The molecule has 0 atom stereocenters. The second-order valence-corrected chi connectivity index (χ2v) is 5.44. The van der Waals surface area contributed by atoms with Crippen LogP contribution in [0.15, 0.2) is 30.3 Å². The largest absolute Gasteiger partial charge is 0.477 e. The first-order chi connectivity index (χ1) is 9.54. The number of benzene rings is 1. The maximum absolute atomic E-state index is 13.0. The van der Waals surface area contributed by atoms with E-state index in [1.54, 1.807) is 12.1 Å². The Hall–Kier alpha value is -1.79. The molecule has 1 aromatic carbocycles. The fourth-order valence-corrected chi connectivity index (χ4v) is 2.60. The third-order valence-corrected chi connectivity index (χ3v) is 3.76. The first-order valence-corrected chi connectivity index (χ1v) is 6.84. The first kappa shape index (κ1) is 14.6. The van der Waals surface area contributed by atoms with Crippen molar-refractivity contribution < 1.29 is 18.7 Å². The number of rotatable bonds is 6. The summed E-state index contributed by atoms with van der Waals surface area (Å²) in [5.41, 5.74) is 0.590. The summed E-state index contributed by atoms with van der Waals surface area (Å²) in [6.07, 6.45) is 0.506. The second kappa shape index (κ2) is 6.58. The normalized spacial score (nSPS) is 10.7.